The molecule has 1 fully saturated rings. The summed E-state index contributed by atoms with van der Waals surface area (Å²) in [5.74, 6) is 0.444. The van der Waals surface area contributed by atoms with E-state index in [1.165, 1.54) is 0 Å². The molecule has 1 unspecified atom stereocenters. The van der Waals surface area contributed by atoms with Gasteiger partial charge in [-0.15, -0.1) is 0 Å². The maximum Gasteiger partial charge on any atom is 0.531 e. The zero-order valence-electron chi connectivity index (χ0n) is 21.1. The van der Waals surface area contributed by atoms with Crippen molar-refractivity contribution in [2.75, 3.05) is 6.61 Å². The normalized spacial score (nSPS) is 18.2. The molecule has 1 saturated heterocycles. The van der Waals surface area contributed by atoms with Crippen molar-refractivity contribution >= 4 is 16.1 Å². The molecule has 31 heavy (non-hydrogen) atoms. The van der Waals surface area contributed by atoms with E-state index in [4.69, 9.17) is 22.7 Å². The number of epoxide rings is 1. The van der Waals surface area contributed by atoms with E-state index in [9.17, 15) is 4.57 Å². The molecule has 8 heteroatoms. The van der Waals surface area contributed by atoms with Crippen molar-refractivity contribution in [3.63, 3.8) is 0 Å². The Kier molecular flexibility index (Phi) is 7.64. The third-order valence-corrected chi connectivity index (χ3v) is 11.6. The summed E-state index contributed by atoms with van der Waals surface area (Å²) in [7, 11) is -5.90. The van der Waals surface area contributed by atoms with Crippen LogP contribution in [0.15, 0.2) is 18.2 Å². The van der Waals surface area contributed by atoms with E-state index < -0.39 is 27.3 Å². The van der Waals surface area contributed by atoms with Crippen LogP contribution in [0, 0.1) is 0 Å². The van der Waals surface area contributed by atoms with Crippen molar-refractivity contribution in [1.82, 2.24) is 0 Å². The summed E-state index contributed by atoms with van der Waals surface area (Å²) in [5.41, 5.74) is 0.457. The highest BCUT2D eigenvalue weighted by Gasteiger charge is 2.40. The van der Waals surface area contributed by atoms with Crippen LogP contribution < -0.4 is 4.52 Å². The van der Waals surface area contributed by atoms with Gasteiger partial charge in [0.05, 0.1) is 24.4 Å². The van der Waals surface area contributed by atoms with Crippen LogP contribution in [0.4, 0.5) is 0 Å². The molecule has 0 aromatic heterocycles. The molecule has 178 valence electrons. The lowest BCUT2D eigenvalue weighted by Gasteiger charge is -2.36. The van der Waals surface area contributed by atoms with Crippen LogP contribution in [0.25, 0.3) is 0 Å². The van der Waals surface area contributed by atoms with Crippen molar-refractivity contribution < 1.29 is 27.3 Å². The van der Waals surface area contributed by atoms with Gasteiger partial charge in [-0.05, 0) is 77.4 Å². The fraction of sp³-hybridized carbons (Fsp3) is 0.739. The van der Waals surface area contributed by atoms with Crippen molar-refractivity contribution in [3.05, 3.63) is 29.3 Å². The van der Waals surface area contributed by atoms with E-state index in [1.54, 1.807) is 0 Å². The summed E-state index contributed by atoms with van der Waals surface area (Å²) in [6.07, 6.45) is 0.101. The zero-order chi connectivity index (χ0) is 23.9. The number of hydrogen-bond donors (Lipinski definition) is 0. The first-order valence-electron chi connectivity index (χ1n) is 10.9. The van der Waals surface area contributed by atoms with Gasteiger partial charge in [0.1, 0.15) is 11.9 Å². The van der Waals surface area contributed by atoms with Crippen LogP contribution in [0.5, 0.6) is 5.75 Å². The van der Waals surface area contributed by atoms with Crippen LogP contribution in [0.3, 0.4) is 0 Å². The Bertz CT molecular complexity index is 793. The average Bonchev–Trinajstić information content (AvgIpc) is 3.33. The lowest BCUT2D eigenvalue weighted by atomic mass is 10.1. The van der Waals surface area contributed by atoms with Gasteiger partial charge in [0.25, 0.3) is 0 Å². The molecule has 6 nitrogen and oxygen atoms in total. The van der Waals surface area contributed by atoms with Crippen molar-refractivity contribution in [1.29, 1.82) is 0 Å². The Morgan fingerprint density at radius 3 is 1.94 bits per heavy atom. The van der Waals surface area contributed by atoms with E-state index in [1.807, 2.05) is 59.7 Å². The SMILES string of the molecule is CC(C)(C)OP(=O)(Oc1ccc(C2CO2)cc1CO[Si](C)(C)C(C)(C)C)OC(C)(C)C. The predicted octanol–water partition coefficient (Wildman–Crippen LogP) is 7.40. The van der Waals surface area contributed by atoms with Crippen LogP contribution in [0.1, 0.15) is 79.5 Å². The quantitative estimate of drug-likeness (QED) is 0.223. The standard InChI is InChI=1S/C23H41O6PSi/c1-21(2,3)28-30(24,29-22(4,5)6)27-19-13-12-17(20-16-25-20)14-18(19)15-26-31(10,11)23(7,8)9/h12-14,20H,15-16H2,1-11H3. The maximum absolute atomic E-state index is 13.6. The smallest absolute Gasteiger partial charge is 0.412 e. The third kappa shape index (κ3) is 8.30. The minimum absolute atomic E-state index is 0.0746. The van der Waals surface area contributed by atoms with Gasteiger partial charge in [-0.25, -0.2) is 4.57 Å². The molecule has 1 aromatic rings. The van der Waals surface area contributed by atoms with E-state index in [0.717, 1.165) is 11.1 Å². The summed E-state index contributed by atoms with van der Waals surface area (Å²) < 4.78 is 43.1. The monoisotopic (exact) mass is 472 g/mol. The molecule has 1 aliphatic heterocycles. The topological polar surface area (TPSA) is 66.5 Å². The number of hydrogen-bond acceptors (Lipinski definition) is 6. The van der Waals surface area contributed by atoms with Crippen molar-refractivity contribution in [3.8, 4) is 5.75 Å². The lowest BCUT2D eigenvalue weighted by molar-refractivity contribution is 0.0221. The Balaban J connectivity index is 2.37. The minimum Gasteiger partial charge on any atom is -0.412 e. The average molecular weight is 473 g/mol. The molecule has 1 atom stereocenters. The van der Waals surface area contributed by atoms with Crippen LogP contribution >= 0.6 is 7.82 Å². The van der Waals surface area contributed by atoms with Crippen LogP contribution in [0.2, 0.25) is 18.1 Å². The summed E-state index contributed by atoms with van der Waals surface area (Å²) >= 11 is 0. The summed E-state index contributed by atoms with van der Waals surface area (Å²) in [5, 5.41) is 0.0746. The number of ether oxygens (including phenoxy) is 1. The van der Waals surface area contributed by atoms with Gasteiger partial charge >= 0.3 is 7.82 Å². The summed E-state index contributed by atoms with van der Waals surface area (Å²) in [4.78, 5) is 0. The number of phosphoric acid groups is 1. The van der Waals surface area contributed by atoms with Crippen molar-refractivity contribution in [2.45, 2.75) is 104 Å². The van der Waals surface area contributed by atoms with Crippen LogP contribution in [-0.2, 0) is 29.4 Å². The molecule has 2 rings (SSSR count). The predicted molar refractivity (Wildman–Crippen MR) is 127 cm³/mol. The lowest BCUT2D eigenvalue weighted by Crippen LogP contribution is -2.40. The van der Waals surface area contributed by atoms with Gasteiger partial charge in [-0.3, -0.25) is 9.05 Å². The van der Waals surface area contributed by atoms with Crippen molar-refractivity contribution in [2.24, 2.45) is 0 Å². The Morgan fingerprint density at radius 1 is 1.00 bits per heavy atom. The first kappa shape index (κ1) is 26.6. The molecule has 0 amide bonds. The molecule has 0 spiro atoms. The van der Waals surface area contributed by atoms with Gasteiger partial charge in [0, 0.05) is 5.56 Å². The molecule has 1 aromatic carbocycles. The van der Waals surface area contributed by atoms with E-state index >= 15 is 0 Å². The Morgan fingerprint density at radius 2 is 1.52 bits per heavy atom. The van der Waals surface area contributed by atoms with E-state index in [2.05, 4.69) is 33.9 Å². The highest BCUT2D eigenvalue weighted by atomic mass is 31.2. The minimum atomic E-state index is -3.91. The zero-order valence-corrected chi connectivity index (χ0v) is 23.0. The summed E-state index contributed by atoms with van der Waals surface area (Å²) in [6, 6.07) is 5.76. The third-order valence-electron chi connectivity index (χ3n) is 5.17. The van der Waals surface area contributed by atoms with Gasteiger partial charge in [0.15, 0.2) is 8.32 Å². The van der Waals surface area contributed by atoms with Gasteiger partial charge in [0.2, 0.25) is 0 Å². The first-order chi connectivity index (χ1) is 13.8. The molecule has 0 N–H and O–H groups in total. The molecule has 1 heterocycles. The van der Waals surface area contributed by atoms with Gasteiger partial charge in [-0.1, -0.05) is 26.8 Å². The molecule has 0 bridgehead atoms. The molecular weight excluding hydrogens is 431 g/mol. The number of phosphoric ester groups is 1. The second-order valence-corrected chi connectivity index (χ2v) is 17.9. The second kappa shape index (κ2) is 8.92. The largest absolute Gasteiger partial charge is 0.531 e. The number of rotatable bonds is 8. The number of benzene rings is 1. The second-order valence-electron chi connectivity index (χ2n) is 11.7. The maximum atomic E-state index is 13.6. The fourth-order valence-electron chi connectivity index (χ4n) is 2.56. The Labute approximate surface area is 189 Å². The Hall–Kier alpha value is -0.693. The molecule has 0 aliphatic carbocycles. The van der Waals surface area contributed by atoms with Gasteiger partial charge < -0.3 is 13.7 Å². The highest BCUT2D eigenvalue weighted by molar-refractivity contribution is 7.49. The van der Waals surface area contributed by atoms with Crippen LogP contribution in [-0.4, -0.2) is 26.1 Å². The molecular formula is C23H41O6PSi. The van der Waals surface area contributed by atoms with E-state index in [0.29, 0.717) is 19.0 Å². The van der Waals surface area contributed by atoms with Gasteiger partial charge in [-0.2, -0.15) is 0 Å². The first-order valence-corrected chi connectivity index (χ1v) is 15.3. The molecule has 0 saturated carbocycles. The highest BCUT2D eigenvalue weighted by Crippen LogP contribution is 2.56. The molecule has 1 aliphatic rings. The van der Waals surface area contributed by atoms with E-state index in [-0.39, 0.29) is 11.1 Å². The molecule has 0 radical (unpaired) electrons. The summed E-state index contributed by atoms with van der Waals surface area (Å²) in [6.45, 7) is 23.0. The fourth-order valence-corrected chi connectivity index (χ4v) is 5.39.